The van der Waals surface area contributed by atoms with Crippen molar-refractivity contribution in [2.75, 3.05) is 5.32 Å². The second-order valence-electron chi connectivity index (χ2n) is 4.98. The van der Waals surface area contributed by atoms with E-state index in [0.29, 0.717) is 22.6 Å². The molecule has 0 aliphatic carbocycles. The van der Waals surface area contributed by atoms with Crippen LogP contribution < -0.4 is 11.1 Å². The van der Waals surface area contributed by atoms with Crippen molar-refractivity contribution in [2.24, 2.45) is 5.73 Å². The molecule has 0 bridgehead atoms. The van der Waals surface area contributed by atoms with Gasteiger partial charge in [0.2, 0.25) is 5.91 Å². The molecule has 6 nitrogen and oxygen atoms in total. The van der Waals surface area contributed by atoms with E-state index in [0.717, 1.165) is 0 Å². The lowest BCUT2D eigenvalue weighted by Crippen LogP contribution is -2.13. The second-order valence-corrected chi connectivity index (χ2v) is 4.98. The Hall–Kier alpha value is -3.48. The number of nitrogens with zero attached hydrogens (tertiary/aromatic N) is 1. The molecule has 3 aromatic rings. The van der Waals surface area contributed by atoms with Crippen molar-refractivity contribution < 1.29 is 18.5 Å². The lowest BCUT2D eigenvalue weighted by molar-refractivity contribution is 0.0997. The van der Waals surface area contributed by atoms with Gasteiger partial charge >= 0.3 is 0 Å². The van der Waals surface area contributed by atoms with E-state index in [-0.39, 0.29) is 11.5 Å². The zero-order chi connectivity index (χ0) is 17.1. The maximum Gasteiger partial charge on any atom is 0.277 e. The van der Waals surface area contributed by atoms with Gasteiger partial charge in [-0.15, -0.1) is 0 Å². The number of carbonyl (C=O) groups is 2. The summed E-state index contributed by atoms with van der Waals surface area (Å²) in [5.41, 5.74) is 6.66. The van der Waals surface area contributed by atoms with Crippen LogP contribution in [0, 0.1) is 5.82 Å². The SMILES string of the molecule is NC(=O)c1ccc(NC(=O)c2cc(-c3ccc(F)cc3)on2)cc1. The fraction of sp³-hybridized carbons (Fsp3) is 0. The van der Waals surface area contributed by atoms with E-state index in [2.05, 4.69) is 10.5 Å². The Bertz CT molecular complexity index is 886. The van der Waals surface area contributed by atoms with Gasteiger partial charge in [-0.1, -0.05) is 5.16 Å². The highest BCUT2D eigenvalue weighted by Crippen LogP contribution is 2.21. The molecule has 0 spiro atoms. The van der Waals surface area contributed by atoms with Crippen molar-refractivity contribution in [1.29, 1.82) is 0 Å². The summed E-state index contributed by atoms with van der Waals surface area (Å²) in [6.45, 7) is 0. The Morgan fingerprint density at radius 1 is 1.04 bits per heavy atom. The summed E-state index contributed by atoms with van der Waals surface area (Å²) in [7, 11) is 0. The van der Waals surface area contributed by atoms with Gasteiger partial charge in [-0.3, -0.25) is 9.59 Å². The normalized spacial score (nSPS) is 10.4. The number of hydrogen-bond donors (Lipinski definition) is 2. The van der Waals surface area contributed by atoms with Crippen LogP contribution in [0.5, 0.6) is 0 Å². The minimum Gasteiger partial charge on any atom is -0.366 e. The lowest BCUT2D eigenvalue weighted by Gasteiger charge is -2.03. The molecule has 120 valence electrons. The molecular weight excluding hydrogens is 313 g/mol. The fourth-order valence-corrected chi connectivity index (χ4v) is 2.05. The molecule has 0 radical (unpaired) electrons. The quantitative estimate of drug-likeness (QED) is 0.770. The van der Waals surface area contributed by atoms with E-state index in [1.54, 1.807) is 12.1 Å². The van der Waals surface area contributed by atoms with Gasteiger partial charge in [0.25, 0.3) is 5.91 Å². The Morgan fingerprint density at radius 3 is 2.33 bits per heavy atom. The van der Waals surface area contributed by atoms with Crippen LogP contribution in [-0.4, -0.2) is 17.0 Å². The van der Waals surface area contributed by atoms with E-state index in [1.807, 2.05) is 0 Å². The van der Waals surface area contributed by atoms with Crippen LogP contribution in [0.15, 0.2) is 59.1 Å². The van der Waals surface area contributed by atoms with Crippen molar-refractivity contribution in [3.63, 3.8) is 0 Å². The molecule has 3 N–H and O–H groups in total. The number of anilines is 1. The third-order valence-electron chi connectivity index (χ3n) is 3.30. The van der Waals surface area contributed by atoms with Crippen LogP contribution in [0.3, 0.4) is 0 Å². The highest BCUT2D eigenvalue weighted by molar-refractivity contribution is 6.03. The Kier molecular flexibility index (Phi) is 4.07. The van der Waals surface area contributed by atoms with Crippen molar-refractivity contribution >= 4 is 17.5 Å². The zero-order valence-corrected chi connectivity index (χ0v) is 12.3. The van der Waals surface area contributed by atoms with Crippen molar-refractivity contribution in [1.82, 2.24) is 5.16 Å². The van der Waals surface area contributed by atoms with Gasteiger partial charge in [0, 0.05) is 22.9 Å². The molecule has 0 saturated heterocycles. The number of amides is 2. The maximum absolute atomic E-state index is 12.9. The zero-order valence-electron chi connectivity index (χ0n) is 12.3. The molecule has 2 amide bonds. The molecule has 7 heteroatoms. The van der Waals surface area contributed by atoms with Crippen LogP contribution in [0.4, 0.5) is 10.1 Å². The number of halogens is 1. The van der Waals surface area contributed by atoms with Gasteiger partial charge in [-0.05, 0) is 48.5 Å². The first-order chi connectivity index (χ1) is 11.5. The minimum atomic E-state index is -0.548. The van der Waals surface area contributed by atoms with Gasteiger partial charge in [-0.25, -0.2) is 4.39 Å². The topological polar surface area (TPSA) is 98.2 Å². The summed E-state index contributed by atoms with van der Waals surface area (Å²) >= 11 is 0. The smallest absolute Gasteiger partial charge is 0.277 e. The molecule has 0 unspecified atom stereocenters. The maximum atomic E-state index is 12.9. The standard InChI is InChI=1S/C17H12FN3O3/c18-12-5-1-10(2-6-12)15-9-14(21-24-15)17(23)20-13-7-3-11(4-8-13)16(19)22/h1-9H,(H2,19,22)(H,20,23). The number of hydrogen-bond acceptors (Lipinski definition) is 4. The van der Waals surface area contributed by atoms with Crippen molar-refractivity contribution in [2.45, 2.75) is 0 Å². The van der Waals surface area contributed by atoms with Gasteiger partial charge in [0.15, 0.2) is 11.5 Å². The second kappa shape index (κ2) is 6.33. The van der Waals surface area contributed by atoms with E-state index in [9.17, 15) is 14.0 Å². The minimum absolute atomic E-state index is 0.0771. The molecular formula is C17H12FN3O3. The Morgan fingerprint density at radius 2 is 1.71 bits per heavy atom. The first kappa shape index (κ1) is 15.4. The predicted octanol–water partition coefficient (Wildman–Crippen LogP) is 2.83. The average molecular weight is 325 g/mol. The van der Waals surface area contributed by atoms with Gasteiger partial charge < -0.3 is 15.6 Å². The fourth-order valence-electron chi connectivity index (χ4n) is 2.05. The molecule has 0 atom stereocenters. The molecule has 1 aromatic heterocycles. The van der Waals surface area contributed by atoms with Gasteiger partial charge in [-0.2, -0.15) is 0 Å². The van der Waals surface area contributed by atoms with Gasteiger partial charge in [0.05, 0.1) is 0 Å². The molecule has 0 fully saturated rings. The summed E-state index contributed by atoms with van der Waals surface area (Å²) in [6.07, 6.45) is 0. The van der Waals surface area contributed by atoms with Crippen molar-refractivity contribution in [3.05, 3.63) is 71.7 Å². The van der Waals surface area contributed by atoms with Gasteiger partial charge in [0.1, 0.15) is 5.82 Å². The summed E-state index contributed by atoms with van der Waals surface area (Å²) in [4.78, 5) is 23.1. The molecule has 24 heavy (non-hydrogen) atoms. The van der Waals surface area contributed by atoms with E-state index >= 15 is 0 Å². The predicted molar refractivity (Wildman–Crippen MR) is 84.8 cm³/mol. The largest absolute Gasteiger partial charge is 0.366 e. The first-order valence-corrected chi connectivity index (χ1v) is 6.97. The highest BCUT2D eigenvalue weighted by atomic mass is 19.1. The third-order valence-corrected chi connectivity index (χ3v) is 3.30. The van der Waals surface area contributed by atoms with Crippen molar-refractivity contribution in [3.8, 4) is 11.3 Å². The molecule has 0 saturated carbocycles. The molecule has 2 aromatic carbocycles. The van der Waals surface area contributed by atoms with E-state index < -0.39 is 11.8 Å². The number of nitrogens with one attached hydrogen (secondary N) is 1. The van der Waals surface area contributed by atoms with Crippen LogP contribution >= 0.6 is 0 Å². The Labute approximate surface area is 136 Å². The van der Waals surface area contributed by atoms with Crippen LogP contribution in [0.1, 0.15) is 20.8 Å². The first-order valence-electron chi connectivity index (χ1n) is 6.97. The average Bonchev–Trinajstić information content (AvgIpc) is 3.06. The van der Waals surface area contributed by atoms with Crippen LogP contribution in [0.25, 0.3) is 11.3 Å². The monoisotopic (exact) mass is 325 g/mol. The highest BCUT2D eigenvalue weighted by Gasteiger charge is 2.14. The van der Waals surface area contributed by atoms with Crippen LogP contribution in [-0.2, 0) is 0 Å². The number of primary amides is 1. The number of aromatic nitrogens is 1. The van der Waals surface area contributed by atoms with Crippen LogP contribution in [0.2, 0.25) is 0 Å². The van der Waals surface area contributed by atoms with E-state index in [4.69, 9.17) is 10.3 Å². The summed E-state index contributed by atoms with van der Waals surface area (Å²) in [6, 6.07) is 13.2. The van der Waals surface area contributed by atoms with E-state index in [1.165, 1.54) is 42.5 Å². The summed E-state index contributed by atoms with van der Waals surface area (Å²) in [5.74, 6) is -1.04. The number of nitrogens with two attached hydrogens (primary N) is 1. The number of rotatable bonds is 4. The molecule has 0 aliphatic heterocycles. The molecule has 1 heterocycles. The molecule has 3 rings (SSSR count). The number of benzene rings is 2. The lowest BCUT2D eigenvalue weighted by atomic mass is 10.1. The number of carbonyl (C=O) groups excluding carboxylic acids is 2. The summed E-state index contributed by atoms with van der Waals surface area (Å²) < 4.78 is 18.0. The molecule has 0 aliphatic rings. The Balaban J connectivity index is 1.73. The third kappa shape index (κ3) is 3.30. The summed E-state index contributed by atoms with van der Waals surface area (Å²) in [5, 5.41) is 6.33.